The quantitative estimate of drug-likeness (QED) is 0.192. The summed E-state index contributed by atoms with van der Waals surface area (Å²) in [6.45, 7) is 17.6. The fraction of sp³-hybridized carbons (Fsp3) is 0. The summed E-state index contributed by atoms with van der Waals surface area (Å²) in [5, 5.41) is 8.11. The summed E-state index contributed by atoms with van der Waals surface area (Å²) in [6, 6.07) is 45.6. The molecule has 0 unspecified atom stereocenters. The third kappa shape index (κ3) is 4.74. The van der Waals surface area contributed by atoms with Gasteiger partial charge < -0.3 is 8.83 Å². The van der Waals surface area contributed by atoms with Crippen LogP contribution in [0.2, 0.25) is 0 Å². The Bertz CT molecular complexity index is 2800. The first-order valence-electron chi connectivity index (χ1n) is 15.9. The lowest BCUT2D eigenvalue weighted by Gasteiger charge is -2.13. The zero-order chi connectivity index (χ0) is 32.8. The molecule has 6 aromatic carbocycles. The van der Waals surface area contributed by atoms with Gasteiger partial charge in [0.2, 0.25) is 0 Å². The second kappa shape index (κ2) is 11.8. The van der Waals surface area contributed by atoms with Crippen LogP contribution in [-0.2, 0) is 0 Å². The van der Waals surface area contributed by atoms with Gasteiger partial charge in [0.1, 0.15) is 22.2 Å². The van der Waals surface area contributed by atoms with Crippen molar-refractivity contribution in [1.29, 1.82) is 0 Å². The Hall–Kier alpha value is -6.38. The van der Waals surface area contributed by atoms with E-state index < -0.39 is 0 Å². The molecule has 0 amide bonds. The average molecular weight is 617 g/mol. The van der Waals surface area contributed by atoms with Crippen molar-refractivity contribution in [1.82, 2.24) is 0 Å². The Morgan fingerprint density at radius 3 is 1.88 bits per heavy atom. The highest BCUT2D eigenvalue weighted by Gasteiger charge is 2.16. The molecule has 2 aromatic heterocycles. The van der Waals surface area contributed by atoms with Gasteiger partial charge in [0, 0.05) is 21.4 Å². The number of fused-ring (bicyclic) bond motifs is 8. The van der Waals surface area contributed by atoms with Crippen LogP contribution < -0.4 is 10.6 Å². The number of hydrogen-bond donors (Lipinski definition) is 0. The minimum Gasteiger partial charge on any atom is -0.456 e. The highest BCUT2D eigenvalue weighted by molar-refractivity contribution is 6.22. The normalized spacial score (nSPS) is 11.8. The van der Waals surface area contributed by atoms with E-state index >= 15 is 0 Å². The molecule has 0 fully saturated rings. The average Bonchev–Trinajstić information content (AvgIpc) is 3.66. The summed E-state index contributed by atoms with van der Waals surface area (Å²) in [5.74, 6) is 0. The molecule has 0 N–H and O–H groups in total. The molecule has 2 nitrogen and oxygen atoms in total. The first-order chi connectivity index (χ1) is 23.5. The van der Waals surface area contributed by atoms with Crippen molar-refractivity contribution in [2.45, 2.75) is 0 Å². The Balaban J connectivity index is 1.36. The molecular formula is C46H32O2. The number of benzene rings is 5. The van der Waals surface area contributed by atoms with Crippen molar-refractivity contribution in [3.63, 3.8) is 0 Å². The van der Waals surface area contributed by atoms with Gasteiger partial charge in [0.25, 0.3) is 0 Å². The summed E-state index contributed by atoms with van der Waals surface area (Å²) in [6.07, 6.45) is 3.96. The van der Waals surface area contributed by atoms with Crippen LogP contribution in [0.4, 0.5) is 0 Å². The third-order valence-electron chi connectivity index (χ3n) is 9.16. The summed E-state index contributed by atoms with van der Waals surface area (Å²) in [7, 11) is 0. The molecule has 0 aliphatic heterocycles. The number of rotatable bonds is 5. The fourth-order valence-corrected chi connectivity index (χ4v) is 6.82. The number of furan rings is 2. The van der Waals surface area contributed by atoms with Crippen molar-refractivity contribution < 1.29 is 8.83 Å². The van der Waals surface area contributed by atoms with E-state index in [1.165, 1.54) is 0 Å². The smallest absolute Gasteiger partial charge is 0.147 e. The molecule has 2 heterocycles. The van der Waals surface area contributed by atoms with Crippen LogP contribution in [0, 0.1) is 0 Å². The van der Waals surface area contributed by atoms with Crippen LogP contribution in [0.3, 0.4) is 0 Å². The molecule has 8 rings (SSSR count). The van der Waals surface area contributed by atoms with Crippen molar-refractivity contribution in [2.75, 3.05) is 0 Å². The van der Waals surface area contributed by atoms with Crippen molar-refractivity contribution >= 4 is 84.3 Å². The maximum atomic E-state index is 6.46. The van der Waals surface area contributed by atoms with E-state index in [1.807, 2.05) is 54.6 Å². The molecule has 0 aliphatic carbocycles. The molecule has 0 aliphatic rings. The summed E-state index contributed by atoms with van der Waals surface area (Å²) in [5.41, 5.74) is 8.86. The zero-order valence-corrected chi connectivity index (χ0v) is 26.5. The predicted molar refractivity (Wildman–Crippen MR) is 206 cm³/mol. The van der Waals surface area contributed by atoms with E-state index in [0.29, 0.717) is 5.42 Å². The second-order valence-corrected chi connectivity index (χ2v) is 11.9. The number of allylic oxidation sites excluding steroid dienone is 1. The fourth-order valence-electron chi connectivity index (χ4n) is 6.82. The van der Waals surface area contributed by atoms with Gasteiger partial charge in [-0.05, 0) is 73.8 Å². The Morgan fingerprint density at radius 1 is 0.521 bits per heavy atom. The van der Waals surface area contributed by atoms with Gasteiger partial charge in [0.15, 0.2) is 0 Å². The van der Waals surface area contributed by atoms with Gasteiger partial charge in [-0.2, -0.15) is 0 Å². The minimum absolute atomic E-state index is 0.578. The first kappa shape index (κ1) is 29.1. The third-order valence-corrected chi connectivity index (χ3v) is 9.16. The van der Waals surface area contributed by atoms with Crippen LogP contribution >= 0.6 is 0 Å². The Labute approximate surface area is 278 Å². The van der Waals surface area contributed by atoms with E-state index in [4.69, 9.17) is 8.83 Å². The molecular weight excluding hydrogens is 585 g/mol. The first-order valence-corrected chi connectivity index (χ1v) is 15.9. The molecule has 2 heteroatoms. The highest BCUT2D eigenvalue weighted by Crippen LogP contribution is 2.37. The molecule has 8 aromatic rings. The van der Waals surface area contributed by atoms with Crippen molar-refractivity contribution in [2.24, 2.45) is 0 Å². The predicted octanol–water partition coefficient (Wildman–Crippen LogP) is 11.4. The van der Waals surface area contributed by atoms with Crippen LogP contribution in [0.25, 0.3) is 84.3 Å². The van der Waals surface area contributed by atoms with Gasteiger partial charge in [-0.3, -0.25) is 0 Å². The molecule has 0 saturated carbocycles. The SMILES string of the molecule is C=Cc1ccccc1C(=C)c1ccccccc(C(=C)/C=c2\c(=C)oc3c2ccc2ccc4c5ccccc5oc4c23)c2ccccc12. The van der Waals surface area contributed by atoms with Gasteiger partial charge in [-0.15, -0.1) is 0 Å². The number of hydrogen-bond acceptors (Lipinski definition) is 2. The molecule has 0 spiro atoms. The molecule has 0 bridgehead atoms. The van der Waals surface area contributed by atoms with E-state index in [1.54, 1.807) is 0 Å². The zero-order valence-electron chi connectivity index (χ0n) is 26.5. The summed E-state index contributed by atoms with van der Waals surface area (Å²) in [4.78, 5) is 0. The van der Waals surface area contributed by atoms with E-state index in [-0.39, 0.29) is 0 Å². The molecule has 0 atom stereocenters. The largest absolute Gasteiger partial charge is 0.456 e. The summed E-state index contributed by atoms with van der Waals surface area (Å²) >= 11 is 0. The summed E-state index contributed by atoms with van der Waals surface area (Å²) < 4.78 is 12.9. The van der Waals surface area contributed by atoms with Gasteiger partial charge in [-0.25, -0.2) is 0 Å². The Kier molecular flexibility index (Phi) is 7.12. The van der Waals surface area contributed by atoms with Crippen molar-refractivity contribution in [3.8, 4) is 0 Å². The minimum atomic E-state index is 0.578. The van der Waals surface area contributed by atoms with Crippen LogP contribution in [0.5, 0.6) is 0 Å². The van der Waals surface area contributed by atoms with Gasteiger partial charge >= 0.3 is 0 Å². The van der Waals surface area contributed by atoms with Gasteiger partial charge in [0.05, 0.1) is 5.39 Å². The lowest BCUT2D eigenvalue weighted by molar-refractivity contribution is 0.580. The van der Waals surface area contributed by atoms with Crippen molar-refractivity contribution in [3.05, 3.63) is 186 Å². The Morgan fingerprint density at radius 2 is 1.10 bits per heavy atom. The second-order valence-electron chi connectivity index (χ2n) is 11.9. The van der Waals surface area contributed by atoms with Gasteiger partial charge in [-0.1, -0.05) is 148 Å². The monoisotopic (exact) mass is 616 g/mol. The highest BCUT2D eigenvalue weighted by atomic mass is 16.3. The molecule has 0 saturated heterocycles. The standard InChI is InChI=1S/C46H32O2/c1-5-32-16-10-11-18-35(32)30(3)36-19-9-7-6-8-17-34(37-20-12-13-21-38(36)37)29(2)28-42-31(4)47-45-41(42)27-25-33-24-26-40-39-22-14-15-23-43(39)48-46(40)44(33)45/h5-28H,1-4H2/b7-6?,8-6?,9-7?,17-8?,19-9?,34-17?,36-19?,37-34?,38-36?,42-28+. The van der Waals surface area contributed by atoms with Crippen LogP contribution in [0.1, 0.15) is 22.3 Å². The molecule has 228 valence electrons. The van der Waals surface area contributed by atoms with Crippen LogP contribution in [0.15, 0.2) is 162 Å². The molecule has 48 heavy (non-hydrogen) atoms. The van der Waals surface area contributed by atoms with E-state index in [0.717, 1.165) is 93.1 Å². The molecule has 0 radical (unpaired) electrons. The lowest BCUT2D eigenvalue weighted by atomic mass is 9.91. The van der Waals surface area contributed by atoms with E-state index in [2.05, 4.69) is 117 Å². The maximum absolute atomic E-state index is 6.46. The topological polar surface area (TPSA) is 26.3 Å². The van der Waals surface area contributed by atoms with Crippen LogP contribution in [-0.4, -0.2) is 0 Å². The lowest BCUT2D eigenvalue weighted by Crippen LogP contribution is -2.18. The van der Waals surface area contributed by atoms with E-state index in [9.17, 15) is 0 Å². The maximum Gasteiger partial charge on any atom is 0.147 e. The number of para-hydroxylation sites is 1.